The van der Waals surface area contributed by atoms with Crippen molar-refractivity contribution in [3.05, 3.63) is 39.3 Å². The van der Waals surface area contributed by atoms with Crippen LogP contribution in [-0.2, 0) is 6.54 Å². The topological polar surface area (TPSA) is 91.8 Å². The van der Waals surface area contributed by atoms with Crippen molar-refractivity contribution in [2.24, 2.45) is 0 Å². The Labute approximate surface area is 167 Å². The van der Waals surface area contributed by atoms with Crippen LogP contribution < -0.4 is 16.2 Å². The van der Waals surface area contributed by atoms with E-state index in [1.54, 1.807) is 16.7 Å². The van der Waals surface area contributed by atoms with Crippen molar-refractivity contribution in [3.63, 3.8) is 0 Å². The molecular weight excluding hydrogens is 378 g/mol. The summed E-state index contributed by atoms with van der Waals surface area (Å²) in [4.78, 5) is 25.2. The molecule has 0 radical (unpaired) electrons. The standard InChI is InChI=1S/C20H24ClN5O2/c1-12-17-18(25-24-12)15-8-7-13(21)11-16(15)26(19(17)27)10-9-22-20(28)23-14-5-3-2-4-6-14/h7-8,11,14H,2-6,9-10H2,1H3,(H,24,25)(H2,22,23,28). The molecule has 2 heterocycles. The molecule has 2 amide bonds. The highest BCUT2D eigenvalue weighted by Gasteiger charge is 2.17. The number of carbonyl (C=O) groups is 1. The molecule has 0 atom stereocenters. The highest BCUT2D eigenvalue weighted by molar-refractivity contribution is 6.31. The smallest absolute Gasteiger partial charge is 0.315 e. The number of H-pyrrole nitrogens is 1. The number of rotatable bonds is 4. The molecule has 1 aliphatic rings. The Morgan fingerprint density at radius 1 is 1.32 bits per heavy atom. The fraction of sp³-hybridized carbons (Fsp3) is 0.450. The third-order valence-corrected chi connectivity index (χ3v) is 5.71. The molecule has 0 spiro atoms. The summed E-state index contributed by atoms with van der Waals surface area (Å²) in [7, 11) is 0. The number of halogens is 1. The number of nitrogens with zero attached hydrogens (tertiary/aromatic N) is 2. The zero-order valence-corrected chi connectivity index (χ0v) is 16.6. The number of amides is 2. The van der Waals surface area contributed by atoms with Crippen molar-refractivity contribution in [1.29, 1.82) is 0 Å². The van der Waals surface area contributed by atoms with Gasteiger partial charge in [0.25, 0.3) is 5.56 Å². The van der Waals surface area contributed by atoms with Gasteiger partial charge in [-0.3, -0.25) is 9.89 Å². The number of hydrogen-bond donors (Lipinski definition) is 3. The number of urea groups is 1. The van der Waals surface area contributed by atoms with Gasteiger partial charge in [-0.25, -0.2) is 4.79 Å². The third-order valence-electron chi connectivity index (χ3n) is 5.47. The summed E-state index contributed by atoms with van der Waals surface area (Å²) in [5.74, 6) is 0. The Balaban J connectivity index is 1.56. The van der Waals surface area contributed by atoms with E-state index >= 15 is 0 Å². The Kier molecular flexibility index (Phi) is 5.26. The van der Waals surface area contributed by atoms with Gasteiger partial charge in [-0.15, -0.1) is 0 Å². The summed E-state index contributed by atoms with van der Waals surface area (Å²) in [6, 6.07) is 5.50. The van der Waals surface area contributed by atoms with Crippen molar-refractivity contribution in [2.45, 2.75) is 51.6 Å². The lowest BCUT2D eigenvalue weighted by Gasteiger charge is -2.23. The maximum Gasteiger partial charge on any atom is 0.315 e. The first-order chi connectivity index (χ1) is 13.5. The molecule has 1 aromatic carbocycles. The largest absolute Gasteiger partial charge is 0.336 e. The second kappa shape index (κ2) is 7.83. The van der Waals surface area contributed by atoms with Crippen LogP contribution in [-0.4, -0.2) is 33.4 Å². The average molecular weight is 402 g/mol. The molecule has 28 heavy (non-hydrogen) atoms. The summed E-state index contributed by atoms with van der Waals surface area (Å²) in [6.45, 7) is 2.54. The average Bonchev–Trinajstić information content (AvgIpc) is 3.07. The number of nitrogens with one attached hydrogen (secondary N) is 3. The van der Waals surface area contributed by atoms with Crippen LogP contribution in [0.2, 0.25) is 5.02 Å². The van der Waals surface area contributed by atoms with Crippen molar-refractivity contribution >= 4 is 39.4 Å². The Hall–Kier alpha value is -2.54. The van der Waals surface area contributed by atoms with Gasteiger partial charge in [-0.05, 0) is 38.0 Å². The molecule has 1 fully saturated rings. The molecule has 0 bridgehead atoms. The van der Waals surface area contributed by atoms with Gasteiger partial charge in [0.15, 0.2) is 0 Å². The van der Waals surface area contributed by atoms with E-state index in [1.807, 2.05) is 13.0 Å². The van der Waals surface area contributed by atoms with Gasteiger partial charge in [0.05, 0.1) is 10.9 Å². The maximum absolute atomic E-state index is 13.1. The van der Waals surface area contributed by atoms with E-state index < -0.39 is 0 Å². The molecule has 2 aromatic heterocycles. The molecule has 148 valence electrons. The lowest BCUT2D eigenvalue weighted by atomic mass is 9.96. The maximum atomic E-state index is 13.1. The van der Waals surface area contributed by atoms with Crippen molar-refractivity contribution in [1.82, 2.24) is 25.4 Å². The summed E-state index contributed by atoms with van der Waals surface area (Å²) in [6.07, 6.45) is 5.64. The zero-order chi connectivity index (χ0) is 19.7. The molecule has 8 heteroatoms. The van der Waals surface area contributed by atoms with E-state index in [0.717, 1.165) is 36.8 Å². The van der Waals surface area contributed by atoms with Crippen LogP contribution in [0.15, 0.2) is 23.0 Å². The summed E-state index contributed by atoms with van der Waals surface area (Å²) in [5, 5.41) is 15.1. The van der Waals surface area contributed by atoms with Gasteiger partial charge in [0, 0.05) is 35.2 Å². The minimum atomic E-state index is -0.178. The van der Waals surface area contributed by atoms with Crippen LogP contribution in [0.5, 0.6) is 0 Å². The number of hydrogen-bond acceptors (Lipinski definition) is 3. The van der Waals surface area contributed by atoms with E-state index in [1.165, 1.54) is 6.42 Å². The lowest BCUT2D eigenvalue weighted by molar-refractivity contribution is 0.232. The fourth-order valence-electron chi connectivity index (χ4n) is 4.05. The predicted molar refractivity (Wildman–Crippen MR) is 111 cm³/mol. The second-order valence-electron chi connectivity index (χ2n) is 7.43. The summed E-state index contributed by atoms with van der Waals surface area (Å²) >= 11 is 6.17. The summed E-state index contributed by atoms with van der Waals surface area (Å²) < 4.78 is 1.66. The molecule has 1 aliphatic carbocycles. The molecule has 3 N–H and O–H groups in total. The SMILES string of the molecule is Cc1[nH]nc2c1c(=O)n(CCNC(=O)NC1CCCCC1)c1cc(Cl)ccc21. The molecule has 0 aliphatic heterocycles. The van der Waals surface area contributed by atoms with Crippen LogP contribution in [0, 0.1) is 6.92 Å². The summed E-state index contributed by atoms with van der Waals surface area (Å²) in [5.41, 5.74) is 1.96. The second-order valence-corrected chi connectivity index (χ2v) is 7.86. The minimum absolute atomic E-state index is 0.134. The number of aromatic nitrogens is 3. The van der Waals surface area contributed by atoms with Gasteiger partial charge < -0.3 is 15.2 Å². The first-order valence-corrected chi connectivity index (χ1v) is 10.1. The monoisotopic (exact) mass is 401 g/mol. The van der Waals surface area contributed by atoms with Gasteiger partial charge >= 0.3 is 6.03 Å². The quantitative estimate of drug-likeness (QED) is 0.625. The predicted octanol–water partition coefficient (Wildman–Crippen LogP) is 3.47. The van der Waals surface area contributed by atoms with Crippen molar-refractivity contribution in [2.75, 3.05) is 6.54 Å². The first-order valence-electron chi connectivity index (χ1n) is 9.75. The van der Waals surface area contributed by atoms with Crippen molar-refractivity contribution in [3.8, 4) is 0 Å². The van der Waals surface area contributed by atoms with Gasteiger partial charge in [0.1, 0.15) is 5.52 Å². The van der Waals surface area contributed by atoms with Crippen LogP contribution in [0.25, 0.3) is 21.8 Å². The number of pyridine rings is 1. The molecule has 4 rings (SSSR count). The third kappa shape index (κ3) is 3.58. The van der Waals surface area contributed by atoms with Crippen LogP contribution >= 0.6 is 11.6 Å². The molecule has 3 aromatic rings. The highest BCUT2D eigenvalue weighted by Crippen LogP contribution is 2.25. The molecule has 7 nitrogen and oxygen atoms in total. The molecule has 0 unspecified atom stereocenters. The Morgan fingerprint density at radius 2 is 2.11 bits per heavy atom. The number of aryl methyl sites for hydroxylation is 1. The van der Waals surface area contributed by atoms with E-state index in [-0.39, 0.29) is 17.6 Å². The normalized spacial score (nSPS) is 15.2. The van der Waals surface area contributed by atoms with Crippen molar-refractivity contribution < 1.29 is 4.79 Å². The minimum Gasteiger partial charge on any atom is -0.336 e. The molecule has 1 saturated carbocycles. The number of aromatic amines is 1. The van der Waals surface area contributed by atoms with Gasteiger partial charge in [-0.2, -0.15) is 5.10 Å². The zero-order valence-electron chi connectivity index (χ0n) is 15.8. The van der Waals surface area contributed by atoms with Crippen LogP contribution in [0.1, 0.15) is 37.8 Å². The fourth-order valence-corrected chi connectivity index (χ4v) is 4.21. The van der Waals surface area contributed by atoms with E-state index in [4.69, 9.17) is 11.6 Å². The van der Waals surface area contributed by atoms with E-state index in [0.29, 0.717) is 34.5 Å². The van der Waals surface area contributed by atoms with Gasteiger partial charge in [-0.1, -0.05) is 30.9 Å². The molecule has 0 saturated heterocycles. The van der Waals surface area contributed by atoms with Crippen LogP contribution in [0.3, 0.4) is 0 Å². The molecular formula is C20H24ClN5O2. The number of benzene rings is 1. The number of fused-ring (bicyclic) bond motifs is 3. The van der Waals surface area contributed by atoms with E-state index in [9.17, 15) is 9.59 Å². The Bertz CT molecular complexity index is 1080. The lowest BCUT2D eigenvalue weighted by Crippen LogP contribution is -2.44. The first kappa shape index (κ1) is 18.8. The highest BCUT2D eigenvalue weighted by atomic mass is 35.5. The number of carbonyl (C=O) groups excluding carboxylic acids is 1. The Morgan fingerprint density at radius 3 is 2.89 bits per heavy atom. The van der Waals surface area contributed by atoms with Gasteiger partial charge in [0.2, 0.25) is 0 Å². The van der Waals surface area contributed by atoms with E-state index in [2.05, 4.69) is 20.8 Å². The van der Waals surface area contributed by atoms with Crippen LogP contribution in [0.4, 0.5) is 4.79 Å².